The number of carboxylic acid groups (broad SMARTS) is 1. The molecule has 1 atom stereocenters. The fourth-order valence-corrected chi connectivity index (χ4v) is 2.26. The number of alkyl halides is 1. The zero-order valence-corrected chi connectivity index (χ0v) is 12.7. The van der Waals surface area contributed by atoms with Crippen LogP contribution in [-0.4, -0.2) is 67.3 Å². The molecule has 0 spiro atoms. The van der Waals surface area contributed by atoms with Crippen LogP contribution in [0.5, 0.6) is 0 Å². The number of hydrogen-bond donors (Lipinski definition) is 1. The van der Waals surface area contributed by atoms with Crippen molar-refractivity contribution >= 4 is 73.3 Å². The molecule has 104 valence electrons. The minimum atomic E-state index is -0.735. The molecule has 0 aliphatic carbocycles. The molecule has 0 radical (unpaired) electrons. The molecule has 0 saturated carbocycles. The molecule has 0 amide bonds. The van der Waals surface area contributed by atoms with Crippen LogP contribution in [0.25, 0.3) is 0 Å². The van der Waals surface area contributed by atoms with Gasteiger partial charge in [0.1, 0.15) is 4.83 Å². The summed E-state index contributed by atoms with van der Waals surface area (Å²) in [5.41, 5.74) is 0. The van der Waals surface area contributed by atoms with Crippen LogP contribution < -0.4 is 0 Å². The van der Waals surface area contributed by atoms with Crippen molar-refractivity contribution in [2.75, 3.05) is 0 Å². The Balaban J connectivity index is 0. The van der Waals surface area contributed by atoms with Crippen molar-refractivity contribution in [3.8, 4) is 0 Å². The van der Waals surface area contributed by atoms with Gasteiger partial charge < -0.3 is 5.11 Å². The van der Waals surface area contributed by atoms with Crippen LogP contribution in [-0.2, 0) is 4.79 Å². The Morgan fingerprint density at radius 1 is 0.944 bits per heavy atom. The Morgan fingerprint density at radius 3 is 1.72 bits per heavy atom. The molecule has 0 fully saturated rings. The molecule has 0 aromatic rings. The molecule has 0 bridgehead atoms. The van der Waals surface area contributed by atoms with Crippen LogP contribution in [0.2, 0.25) is 0 Å². The molecule has 1 N–H and O–H groups in total. The zero-order chi connectivity index (χ0) is 12.9. The summed E-state index contributed by atoms with van der Waals surface area (Å²) in [6.07, 6.45) is 13.7. The van der Waals surface area contributed by atoms with Crippen LogP contribution >= 0.6 is 15.9 Å². The molecule has 4 heteroatoms. The molecule has 18 heavy (non-hydrogen) atoms. The Labute approximate surface area is 163 Å². The number of unbranched alkanes of at least 4 members (excludes halogenated alkanes) is 9. The summed E-state index contributed by atoms with van der Waals surface area (Å²) in [5, 5.41) is 8.68. The second kappa shape index (κ2) is 16.6. The van der Waals surface area contributed by atoms with E-state index in [9.17, 15) is 4.79 Å². The summed E-state index contributed by atoms with van der Waals surface area (Å²) >= 11 is 3.16. The van der Waals surface area contributed by atoms with Crippen LogP contribution in [0.4, 0.5) is 0 Å². The molecular formula is C14H28BrKO2. The van der Waals surface area contributed by atoms with Gasteiger partial charge in [0, 0.05) is 0 Å². The van der Waals surface area contributed by atoms with E-state index >= 15 is 0 Å². The van der Waals surface area contributed by atoms with E-state index in [0.29, 0.717) is 0 Å². The average Bonchev–Trinajstić information content (AvgIpc) is 2.31. The first-order chi connectivity index (χ1) is 8.18. The van der Waals surface area contributed by atoms with Gasteiger partial charge in [-0.1, -0.05) is 87.1 Å². The molecule has 1 unspecified atom stereocenters. The molecule has 0 aliphatic heterocycles. The molecule has 0 aromatic heterocycles. The first-order valence-electron chi connectivity index (χ1n) is 7.05. The SMILES string of the molecule is CCCCCCCCCCCCC(Br)C(=O)O.[KH]. The molecule has 0 heterocycles. The Kier molecular flexibility index (Phi) is 20.2. The van der Waals surface area contributed by atoms with Crippen LogP contribution in [0, 0.1) is 0 Å². The van der Waals surface area contributed by atoms with E-state index in [2.05, 4.69) is 22.9 Å². The normalized spacial score (nSPS) is 11.9. The topological polar surface area (TPSA) is 37.3 Å². The minimum absolute atomic E-state index is 0. The van der Waals surface area contributed by atoms with E-state index in [-0.39, 0.29) is 56.2 Å². The van der Waals surface area contributed by atoms with Gasteiger partial charge in [0.15, 0.2) is 0 Å². The van der Waals surface area contributed by atoms with Crippen molar-refractivity contribution in [3.63, 3.8) is 0 Å². The fourth-order valence-electron chi connectivity index (χ4n) is 1.93. The third-order valence-corrected chi connectivity index (χ3v) is 3.93. The van der Waals surface area contributed by atoms with Gasteiger partial charge >= 0.3 is 57.4 Å². The van der Waals surface area contributed by atoms with Gasteiger partial charge in [-0.15, -0.1) is 0 Å². The second-order valence-corrected chi connectivity index (χ2v) is 5.88. The Morgan fingerprint density at radius 2 is 1.33 bits per heavy atom. The first kappa shape index (κ1) is 21.9. The molecule has 2 nitrogen and oxygen atoms in total. The predicted molar refractivity (Wildman–Crippen MR) is 84.0 cm³/mol. The summed E-state index contributed by atoms with van der Waals surface area (Å²) < 4.78 is 0. The molecule has 0 rings (SSSR count). The summed E-state index contributed by atoms with van der Waals surface area (Å²) in [7, 11) is 0. The third-order valence-electron chi connectivity index (χ3n) is 3.08. The van der Waals surface area contributed by atoms with Gasteiger partial charge in [0.05, 0.1) is 0 Å². The molecule has 0 aromatic carbocycles. The number of carbonyl (C=O) groups is 1. The van der Waals surface area contributed by atoms with Gasteiger partial charge in [-0.3, -0.25) is 4.79 Å². The van der Waals surface area contributed by atoms with Gasteiger partial charge in [-0.25, -0.2) is 0 Å². The predicted octanol–water partition coefficient (Wildman–Crippen LogP) is 4.50. The van der Waals surface area contributed by atoms with Gasteiger partial charge in [0.25, 0.3) is 0 Å². The van der Waals surface area contributed by atoms with Gasteiger partial charge in [-0.2, -0.15) is 0 Å². The van der Waals surface area contributed by atoms with Crippen LogP contribution in [0.3, 0.4) is 0 Å². The van der Waals surface area contributed by atoms with Crippen molar-refractivity contribution in [1.29, 1.82) is 0 Å². The molecule has 0 aliphatic rings. The monoisotopic (exact) mass is 346 g/mol. The molecule has 0 saturated heterocycles. The average molecular weight is 347 g/mol. The zero-order valence-electron chi connectivity index (χ0n) is 11.1. The van der Waals surface area contributed by atoms with E-state index in [1.807, 2.05) is 0 Å². The number of hydrogen-bond acceptors (Lipinski definition) is 1. The van der Waals surface area contributed by atoms with E-state index in [1.165, 1.54) is 57.8 Å². The quantitative estimate of drug-likeness (QED) is 0.321. The number of rotatable bonds is 12. The van der Waals surface area contributed by atoms with Crippen molar-refractivity contribution in [2.45, 2.75) is 82.4 Å². The summed E-state index contributed by atoms with van der Waals surface area (Å²) in [5.74, 6) is -0.735. The van der Waals surface area contributed by atoms with Gasteiger partial charge in [0.2, 0.25) is 0 Å². The summed E-state index contributed by atoms with van der Waals surface area (Å²) in [4.78, 5) is 10.2. The standard InChI is InChI=1S/C14H27BrO2.K.H/c1-2-3-4-5-6-7-8-9-10-11-12-13(15)14(16)17;;/h13H,2-12H2,1H3,(H,16,17);;. The Bertz CT molecular complexity index is 189. The molecular weight excluding hydrogens is 319 g/mol. The number of carboxylic acids is 1. The van der Waals surface area contributed by atoms with Crippen molar-refractivity contribution < 1.29 is 9.90 Å². The number of halogens is 1. The fraction of sp³-hybridized carbons (Fsp3) is 0.929. The van der Waals surface area contributed by atoms with E-state index in [4.69, 9.17) is 5.11 Å². The summed E-state index contributed by atoms with van der Waals surface area (Å²) in [6.45, 7) is 2.24. The van der Waals surface area contributed by atoms with Crippen LogP contribution in [0.1, 0.15) is 77.6 Å². The van der Waals surface area contributed by atoms with Crippen molar-refractivity contribution in [2.24, 2.45) is 0 Å². The summed E-state index contributed by atoms with van der Waals surface area (Å²) in [6, 6.07) is 0. The second-order valence-electron chi connectivity index (χ2n) is 4.78. The van der Waals surface area contributed by atoms with E-state index in [1.54, 1.807) is 0 Å². The maximum atomic E-state index is 10.5. The van der Waals surface area contributed by atoms with Crippen molar-refractivity contribution in [3.05, 3.63) is 0 Å². The van der Waals surface area contributed by atoms with Crippen LogP contribution in [0.15, 0.2) is 0 Å². The van der Waals surface area contributed by atoms with Gasteiger partial charge in [-0.05, 0) is 6.42 Å². The van der Waals surface area contributed by atoms with E-state index < -0.39 is 5.97 Å². The number of aliphatic carboxylic acids is 1. The van der Waals surface area contributed by atoms with Crippen molar-refractivity contribution in [1.82, 2.24) is 0 Å². The third kappa shape index (κ3) is 15.6. The maximum absolute atomic E-state index is 10.5. The Hall–Kier alpha value is 1.59. The first-order valence-corrected chi connectivity index (χ1v) is 7.97. The van der Waals surface area contributed by atoms with E-state index in [0.717, 1.165) is 12.8 Å².